The molecule has 2 fully saturated rings. The van der Waals surface area contributed by atoms with Gasteiger partial charge in [0.05, 0.1) is 51.7 Å². The minimum atomic E-state index is -0.482. The van der Waals surface area contributed by atoms with E-state index in [1.807, 2.05) is 41.5 Å². The molecule has 2 heterocycles. The van der Waals surface area contributed by atoms with Gasteiger partial charge in [0.25, 0.3) is 0 Å². The molecule has 10 nitrogen and oxygen atoms in total. The molecule has 2 aliphatic rings. The first-order chi connectivity index (χ1) is 13.8. The van der Waals surface area contributed by atoms with Crippen molar-refractivity contribution in [2.75, 3.05) is 52.6 Å². The number of hydrogen-bond acceptors (Lipinski definition) is 8. The first-order valence-electron chi connectivity index (χ1n) is 10.3. The molecule has 0 aromatic rings. The third kappa shape index (κ3) is 10.4. The second-order valence-corrected chi connectivity index (χ2v) is 9.20. The van der Waals surface area contributed by atoms with Crippen molar-refractivity contribution in [3.05, 3.63) is 0 Å². The number of ether oxygens (including phenoxy) is 4. The zero-order valence-corrected chi connectivity index (χ0v) is 19.0. The van der Waals surface area contributed by atoms with Crippen LogP contribution in [0.3, 0.4) is 0 Å². The molecule has 10 heteroatoms. The number of amides is 2. The first kappa shape index (κ1) is 26.4. The molecule has 176 valence electrons. The predicted octanol–water partition coefficient (Wildman–Crippen LogP) is 1.23. The number of nitrogens with zero attached hydrogens (tertiary/aromatic N) is 2. The first-order valence-corrected chi connectivity index (χ1v) is 10.3. The fourth-order valence-corrected chi connectivity index (χ4v) is 2.64. The van der Waals surface area contributed by atoms with Gasteiger partial charge in [-0.15, -0.1) is 0 Å². The van der Waals surface area contributed by atoms with E-state index in [0.717, 1.165) is 0 Å². The highest BCUT2D eigenvalue weighted by molar-refractivity contribution is 5.68. The lowest BCUT2D eigenvalue weighted by molar-refractivity contribution is -0.0594. The van der Waals surface area contributed by atoms with Gasteiger partial charge in [-0.1, -0.05) is 0 Å². The average molecular weight is 435 g/mol. The van der Waals surface area contributed by atoms with E-state index in [-0.39, 0.29) is 37.6 Å². The minimum absolute atomic E-state index is 0.0701. The molecule has 2 N–H and O–H groups in total. The summed E-state index contributed by atoms with van der Waals surface area (Å²) in [6, 6.07) is 0. The summed E-state index contributed by atoms with van der Waals surface area (Å²) in [5, 5.41) is 17.8. The van der Waals surface area contributed by atoms with Gasteiger partial charge < -0.3 is 39.0 Å². The summed E-state index contributed by atoms with van der Waals surface area (Å²) in [7, 11) is 0. The van der Waals surface area contributed by atoms with E-state index >= 15 is 0 Å². The minimum Gasteiger partial charge on any atom is -0.444 e. The molecule has 2 rings (SSSR count). The Hall–Kier alpha value is -1.62. The van der Waals surface area contributed by atoms with Crippen LogP contribution in [0.1, 0.15) is 41.5 Å². The molecule has 0 aromatic heterocycles. The third-order valence-electron chi connectivity index (χ3n) is 3.99. The second-order valence-electron chi connectivity index (χ2n) is 9.20. The van der Waals surface area contributed by atoms with E-state index in [1.165, 1.54) is 0 Å². The third-order valence-corrected chi connectivity index (χ3v) is 3.99. The normalized spacial score (nSPS) is 22.7. The van der Waals surface area contributed by atoms with Gasteiger partial charge in [0.2, 0.25) is 0 Å². The number of hydrogen-bond donors (Lipinski definition) is 2. The van der Waals surface area contributed by atoms with E-state index in [9.17, 15) is 9.59 Å². The quantitative estimate of drug-likeness (QED) is 0.666. The Kier molecular flexibility index (Phi) is 10.3. The molecule has 2 amide bonds. The molecule has 0 unspecified atom stereocenters. The molecule has 2 saturated heterocycles. The Labute approximate surface area is 179 Å². The van der Waals surface area contributed by atoms with Crippen molar-refractivity contribution in [3.63, 3.8) is 0 Å². The summed E-state index contributed by atoms with van der Waals surface area (Å²) in [6.45, 7) is 13.6. The van der Waals surface area contributed by atoms with Gasteiger partial charge in [-0.3, -0.25) is 0 Å². The summed E-state index contributed by atoms with van der Waals surface area (Å²) in [6.07, 6.45) is -1.26. The molecule has 2 aliphatic heterocycles. The summed E-state index contributed by atoms with van der Waals surface area (Å²) < 4.78 is 20.9. The van der Waals surface area contributed by atoms with E-state index in [0.29, 0.717) is 39.4 Å². The molecule has 0 aliphatic carbocycles. The van der Waals surface area contributed by atoms with E-state index in [4.69, 9.17) is 29.2 Å². The van der Waals surface area contributed by atoms with Crippen molar-refractivity contribution in [1.29, 1.82) is 0 Å². The van der Waals surface area contributed by atoms with Crippen LogP contribution in [-0.4, -0.2) is 108 Å². The van der Waals surface area contributed by atoms with Crippen LogP contribution in [0.15, 0.2) is 0 Å². The number of carbonyl (C=O) groups excluding carboxylic acids is 2. The fraction of sp³-hybridized carbons (Fsp3) is 0.900. The van der Waals surface area contributed by atoms with Gasteiger partial charge in [-0.05, 0) is 41.5 Å². The topological polar surface area (TPSA) is 118 Å². The highest BCUT2D eigenvalue weighted by Gasteiger charge is 2.28. The van der Waals surface area contributed by atoms with Crippen LogP contribution in [0, 0.1) is 0 Å². The van der Waals surface area contributed by atoms with Crippen LogP contribution >= 0.6 is 0 Å². The zero-order chi connectivity index (χ0) is 22.9. The highest BCUT2D eigenvalue weighted by Crippen LogP contribution is 2.13. The van der Waals surface area contributed by atoms with Crippen molar-refractivity contribution in [1.82, 2.24) is 9.80 Å². The smallest absolute Gasteiger partial charge is 0.410 e. The maximum Gasteiger partial charge on any atom is 0.410 e. The van der Waals surface area contributed by atoms with Crippen LogP contribution in [0.2, 0.25) is 0 Å². The van der Waals surface area contributed by atoms with Gasteiger partial charge in [-0.25, -0.2) is 9.59 Å². The Bertz CT molecular complexity index is 496. The largest absolute Gasteiger partial charge is 0.444 e. The van der Waals surface area contributed by atoms with Crippen LogP contribution in [0.25, 0.3) is 0 Å². The Morgan fingerprint density at radius 3 is 1.40 bits per heavy atom. The van der Waals surface area contributed by atoms with Crippen LogP contribution < -0.4 is 0 Å². The van der Waals surface area contributed by atoms with Crippen molar-refractivity contribution in [2.45, 2.75) is 65.0 Å². The van der Waals surface area contributed by atoms with Crippen molar-refractivity contribution in [3.8, 4) is 0 Å². The Morgan fingerprint density at radius 2 is 1.13 bits per heavy atom. The van der Waals surface area contributed by atoms with Crippen LogP contribution in [0.5, 0.6) is 0 Å². The lowest BCUT2D eigenvalue weighted by atomic mass is 10.2. The van der Waals surface area contributed by atoms with Crippen LogP contribution in [0.4, 0.5) is 9.59 Å². The van der Waals surface area contributed by atoms with Crippen molar-refractivity contribution < 1.29 is 38.7 Å². The molecule has 0 radical (unpaired) electrons. The summed E-state index contributed by atoms with van der Waals surface area (Å²) in [4.78, 5) is 26.4. The molecule has 0 aromatic carbocycles. The van der Waals surface area contributed by atoms with Crippen LogP contribution in [-0.2, 0) is 18.9 Å². The summed E-state index contributed by atoms with van der Waals surface area (Å²) >= 11 is 0. The molecular formula is C20H38N2O8. The van der Waals surface area contributed by atoms with Gasteiger partial charge in [0.15, 0.2) is 0 Å². The lowest BCUT2D eigenvalue weighted by Crippen LogP contribution is -2.48. The molecule has 0 spiro atoms. The number of aliphatic hydroxyl groups is 2. The second kappa shape index (κ2) is 11.7. The van der Waals surface area contributed by atoms with Crippen molar-refractivity contribution >= 4 is 12.2 Å². The summed E-state index contributed by atoms with van der Waals surface area (Å²) in [5.41, 5.74) is -0.964. The molecular weight excluding hydrogens is 396 g/mol. The zero-order valence-electron chi connectivity index (χ0n) is 19.0. The molecule has 0 bridgehead atoms. The number of carbonyl (C=O) groups is 2. The van der Waals surface area contributed by atoms with Gasteiger partial charge in [0, 0.05) is 13.1 Å². The fourth-order valence-electron chi connectivity index (χ4n) is 2.64. The van der Waals surface area contributed by atoms with E-state index in [1.54, 1.807) is 9.80 Å². The van der Waals surface area contributed by atoms with Gasteiger partial charge >= 0.3 is 12.2 Å². The SMILES string of the molecule is CC(C)(C)OC(=O)N1CCO[C@@H](CO)C1.CC(C)(C)OC(=O)N1CCO[C@H](CO)C1. The number of aliphatic hydroxyl groups excluding tert-OH is 2. The molecule has 30 heavy (non-hydrogen) atoms. The van der Waals surface area contributed by atoms with E-state index < -0.39 is 11.2 Å². The maximum absolute atomic E-state index is 11.6. The molecule has 2 atom stereocenters. The van der Waals surface area contributed by atoms with E-state index in [2.05, 4.69) is 0 Å². The van der Waals surface area contributed by atoms with Gasteiger partial charge in [-0.2, -0.15) is 0 Å². The summed E-state index contributed by atoms with van der Waals surface area (Å²) in [5.74, 6) is 0. The Morgan fingerprint density at radius 1 is 0.800 bits per heavy atom. The maximum atomic E-state index is 11.6. The highest BCUT2D eigenvalue weighted by atomic mass is 16.6. The number of rotatable bonds is 2. The van der Waals surface area contributed by atoms with Gasteiger partial charge in [0.1, 0.15) is 11.2 Å². The Balaban J connectivity index is 0.000000300. The predicted molar refractivity (Wildman–Crippen MR) is 109 cm³/mol. The monoisotopic (exact) mass is 434 g/mol. The average Bonchev–Trinajstić information content (AvgIpc) is 2.66. The van der Waals surface area contributed by atoms with Crippen molar-refractivity contribution in [2.24, 2.45) is 0 Å². The number of morpholine rings is 2. The standard InChI is InChI=1S/2C10H19NO4/c2*1-10(2,3)15-9(13)11-4-5-14-8(6-11)7-12/h2*8,12H,4-7H2,1-3H3/t2*8-/m10/s1. The lowest BCUT2D eigenvalue weighted by Gasteiger charge is -2.33. The molecule has 0 saturated carbocycles.